The number of nitrogens with two attached hydrogens (primary N) is 1. The van der Waals surface area contributed by atoms with Gasteiger partial charge in [0.15, 0.2) is 0 Å². The van der Waals surface area contributed by atoms with Crippen LogP contribution in [0.5, 0.6) is 5.75 Å². The van der Waals surface area contributed by atoms with Gasteiger partial charge < -0.3 is 15.8 Å². The summed E-state index contributed by atoms with van der Waals surface area (Å²) in [6.45, 7) is 0.698. The van der Waals surface area contributed by atoms with Crippen LogP contribution in [0.3, 0.4) is 0 Å². The number of nitrogens with one attached hydrogen (secondary N) is 1. The summed E-state index contributed by atoms with van der Waals surface area (Å²) in [5, 5.41) is 3.01. The normalized spacial score (nSPS) is 14.5. The molecular formula is C18H19F3N2O. The Balaban J connectivity index is 1.82. The van der Waals surface area contributed by atoms with Crippen molar-refractivity contribution < 1.29 is 17.9 Å². The molecule has 0 heterocycles. The van der Waals surface area contributed by atoms with Gasteiger partial charge >= 0.3 is 6.18 Å². The van der Waals surface area contributed by atoms with E-state index in [9.17, 15) is 13.2 Å². The molecule has 0 aliphatic heterocycles. The van der Waals surface area contributed by atoms with Crippen LogP contribution in [-0.2, 0) is 12.8 Å². The van der Waals surface area contributed by atoms with Crippen LogP contribution in [0.15, 0.2) is 42.5 Å². The molecule has 1 aliphatic rings. The summed E-state index contributed by atoms with van der Waals surface area (Å²) in [6.07, 6.45) is -2.36. The Bertz CT molecular complexity index is 697. The summed E-state index contributed by atoms with van der Waals surface area (Å²) in [5.74, 6) is 0.286. The molecule has 0 amide bonds. The van der Waals surface area contributed by atoms with Crippen LogP contribution in [0.4, 0.5) is 24.5 Å². The van der Waals surface area contributed by atoms with E-state index in [0.717, 1.165) is 18.4 Å². The second kappa shape index (κ2) is 6.63. The highest BCUT2D eigenvalue weighted by atomic mass is 19.4. The van der Waals surface area contributed by atoms with Gasteiger partial charge in [0.25, 0.3) is 0 Å². The van der Waals surface area contributed by atoms with E-state index in [4.69, 9.17) is 10.5 Å². The first-order chi connectivity index (χ1) is 11.4. The molecular weight excluding hydrogens is 317 g/mol. The van der Waals surface area contributed by atoms with Crippen molar-refractivity contribution in [3.05, 3.63) is 53.6 Å². The predicted octanol–water partition coefficient (Wildman–Crippen LogP) is 4.69. The number of nitrogen functional groups attached to an aromatic ring is 1. The summed E-state index contributed by atoms with van der Waals surface area (Å²) in [7, 11) is 0. The van der Waals surface area contributed by atoms with Gasteiger partial charge in [0.05, 0.1) is 11.4 Å². The Morgan fingerprint density at radius 2 is 1.79 bits per heavy atom. The summed E-state index contributed by atoms with van der Waals surface area (Å²) in [4.78, 5) is 0. The van der Waals surface area contributed by atoms with Crippen molar-refractivity contribution in [1.82, 2.24) is 0 Å². The molecule has 3 rings (SSSR count). The topological polar surface area (TPSA) is 47.3 Å². The van der Waals surface area contributed by atoms with Crippen LogP contribution < -0.4 is 15.8 Å². The number of halogens is 3. The Morgan fingerprint density at radius 1 is 1.08 bits per heavy atom. The van der Waals surface area contributed by atoms with E-state index >= 15 is 0 Å². The van der Waals surface area contributed by atoms with Crippen LogP contribution in [0, 0.1) is 5.92 Å². The summed E-state index contributed by atoms with van der Waals surface area (Å²) in [6, 6.07) is 11.9. The minimum absolute atomic E-state index is 0.0538. The van der Waals surface area contributed by atoms with Gasteiger partial charge in [0.2, 0.25) is 0 Å². The van der Waals surface area contributed by atoms with E-state index in [1.807, 2.05) is 18.2 Å². The first-order valence-electron chi connectivity index (χ1n) is 7.85. The van der Waals surface area contributed by atoms with E-state index in [1.165, 1.54) is 6.07 Å². The lowest BCUT2D eigenvalue weighted by Crippen LogP contribution is -2.15. The molecule has 2 aromatic rings. The lowest BCUT2D eigenvalue weighted by molar-refractivity contribution is -0.138. The maximum Gasteiger partial charge on any atom is 0.422 e. The maximum absolute atomic E-state index is 13.4. The maximum atomic E-state index is 13.4. The molecule has 1 fully saturated rings. The van der Waals surface area contributed by atoms with E-state index in [1.54, 1.807) is 18.2 Å². The van der Waals surface area contributed by atoms with Crippen molar-refractivity contribution in [2.75, 3.05) is 17.6 Å². The number of benzene rings is 2. The lowest BCUT2D eigenvalue weighted by atomic mass is 10.1. The second-order valence-electron chi connectivity index (χ2n) is 6.00. The van der Waals surface area contributed by atoms with Gasteiger partial charge in [-0.2, -0.15) is 13.2 Å². The number of hydrogen-bond acceptors (Lipinski definition) is 3. The highest BCUT2D eigenvalue weighted by Crippen LogP contribution is 2.44. The van der Waals surface area contributed by atoms with Crippen molar-refractivity contribution in [3.63, 3.8) is 0 Å². The van der Waals surface area contributed by atoms with Crippen molar-refractivity contribution >= 4 is 11.4 Å². The third-order valence-electron chi connectivity index (χ3n) is 4.01. The lowest BCUT2D eigenvalue weighted by Gasteiger charge is -2.19. The zero-order chi connectivity index (χ0) is 17.2. The Hall–Kier alpha value is -2.37. The standard InChI is InChI=1S/C18H19F3N2O/c19-18(20,21)16-15(24-11-13-4-2-1-3-5-13)9-8-14(17(16)22)23-10-12-6-7-12/h1-5,8-9,12,23H,6-7,10-11,22H2. The van der Waals surface area contributed by atoms with Gasteiger partial charge in [-0.25, -0.2) is 0 Å². The van der Waals surface area contributed by atoms with Gasteiger partial charge in [-0.05, 0) is 36.5 Å². The van der Waals surface area contributed by atoms with Crippen molar-refractivity contribution in [2.45, 2.75) is 25.6 Å². The van der Waals surface area contributed by atoms with E-state index in [0.29, 0.717) is 18.2 Å². The predicted molar refractivity (Wildman–Crippen MR) is 87.8 cm³/mol. The molecule has 3 N–H and O–H groups in total. The summed E-state index contributed by atoms with van der Waals surface area (Å²) < 4.78 is 45.7. The molecule has 0 radical (unpaired) electrons. The SMILES string of the molecule is Nc1c(NCC2CC2)ccc(OCc2ccccc2)c1C(F)(F)F. The van der Waals surface area contributed by atoms with E-state index < -0.39 is 11.7 Å². The third kappa shape index (κ3) is 3.93. The van der Waals surface area contributed by atoms with E-state index in [2.05, 4.69) is 5.32 Å². The van der Waals surface area contributed by atoms with Crippen molar-refractivity contribution in [1.29, 1.82) is 0 Å². The molecule has 2 aromatic carbocycles. The number of hydrogen-bond donors (Lipinski definition) is 2. The van der Waals surface area contributed by atoms with Crippen LogP contribution in [0.1, 0.15) is 24.0 Å². The first kappa shape index (κ1) is 16.5. The van der Waals surface area contributed by atoms with Crippen LogP contribution >= 0.6 is 0 Å². The molecule has 1 saturated carbocycles. The Morgan fingerprint density at radius 3 is 2.42 bits per heavy atom. The highest BCUT2D eigenvalue weighted by Gasteiger charge is 2.38. The summed E-state index contributed by atoms with van der Waals surface area (Å²) in [5.41, 5.74) is 5.65. The molecule has 1 aliphatic carbocycles. The third-order valence-corrected chi connectivity index (χ3v) is 4.01. The molecule has 128 valence electrons. The second-order valence-corrected chi connectivity index (χ2v) is 6.00. The largest absolute Gasteiger partial charge is 0.488 e. The molecule has 0 unspecified atom stereocenters. The average Bonchev–Trinajstić information content (AvgIpc) is 3.36. The smallest absolute Gasteiger partial charge is 0.422 e. The fourth-order valence-electron chi connectivity index (χ4n) is 2.48. The molecule has 0 aromatic heterocycles. The van der Waals surface area contributed by atoms with Gasteiger partial charge in [-0.1, -0.05) is 30.3 Å². The van der Waals surface area contributed by atoms with Crippen LogP contribution in [-0.4, -0.2) is 6.54 Å². The minimum Gasteiger partial charge on any atom is -0.488 e. The fraction of sp³-hybridized carbons (Fsp3) is 0.333. The Kier molecular flexibility index (Phi) is 4.55. The molecule has 0 bridgehead atoms. The van der Waals surface area contributed by atoms with Crippen LogP contribution in [0.2, 0.25) is 0 Å². The first-order valence-corrected chi connectivity index (χ1v) is 7.85. The van der Waals surface area contributed by atoms with Gasteiger partial charge in [0.1, 0.15) is 17.9 Å². The van der Waals surface area contributed by atoms with E-state index in [-0.39, 0.29) is 18.0 Å². The fourth-order valence-corrected chi connectivity index (χ4v) is 2.48. The zero-order valence-electron chi connectivity index (χ0n) is 13.1. The number of alkyl halides is 3. The molecule has 0 atom stereocenters. The minimum atomic E-state index is -4.58. The average molecular weight is 336 g/mol. The Labute approximate surface area is 138 Å². The van der Waals surface area contributed by atoms with Crippen molar-refractivity contribution in [3.8, 4) is 5.75 Å². The molecule has 0 saturated heterocycles. The zero-order valence-corrected chi connectivity index (χ0v) is 13.1. The van der Waals surface area contributed by atoms with Gasteiger partial charge in [-0.15, -0.1) is 0 Å². The quantitative estimate of drug-likeness (QED) is 0.753. The van der Waals surface area contributed by atoms with Crippen LogP contribution in [0.25, 0.3) is 0 Å². The molecule has 6 heteroatoms. The molecule has 24 heavy (non-hydrogen) atoms. The highest BCUT2D eigenvalue weighted by molar-refractivity contribution is 5.74. The number of ether oxygens (including phenoxy) is 1. The number of anilines is 2. The monoisotopic (exact) mass is 336 g/mol. The molecule has 0 spiro atoms. The van der Waals surface area contributed by atoms with Gasteiger partial charge in [0, 0.05) is 6.54 Å². The summed E-state index contributed by atoms with van der Waals surface area (Å²) >= 11 is 0. The molecule has 3 nitrogen and oxygen atoms in total. The van der Waals surface area contributed by atoms with Crippen molar-refractivity contribution in [2.24, 2.45) is 5.92 Å². The number of rotatable bonds is 6. The van der Waals surface area contributed by atoms with Gasteiger partial charge in [-0.3, -0.25) is 0 Å².